The molecule has 44 heavy (non-hydrogen) atoms. The normalized spacial score (nSPS) is 11.1. The van der Waals surface area contributed by atoms with E-state index < -0.39 is 11.7 Å². The van der Waals surface area contributed by atoms with E-state index in [1.807, 2.05) is 26.0 Å². The molecular formula is C30H51N5O9. The van der Waals surface area contributed by atoms with E-state index in [-0.39, 0.29) is 0 Å². The molecule has 0 spiro atoms. The lowest BCUT2D eigenvalue weighted by molar-refractivity contribution is -0.0175. The number of nitrogens with zero attached hydrogens (tertiary/aromatic N) is 3. The number of nitrogens with one attached hydrogen (secondary N) is 2. The van der Waals surface area contributed by atoms with Gasteiger partial charge in [0.1, 0.15) is 23.8 Å². The molecule has 0 atom stereocenters. The van der Waals surface area contributed by atoms with Crippen LogP contribution in [0.3, 0.4) is 0 Å². The first kappa shape index (κ1) is 38.9. The fraction of sp³-hybridized carbons (Fsp3) is 0.700. The van der Waals surface area contributed by atoms with E-state index >= 15 is 0 Å². The van der Waals surface area contributed by atoms with Gasteiger partial charge in [0.2, 0.25) is 0 Å². The molecule has 1 aromatic rings. The summed E-state index contributed by atoms with van der Waals surface area (Å²) in [6.45, 7) is 20.0. The molecule has 14 heteroatoms. The van der Waals surface area contributed by atoms with E-state index in [4.69, 9.17) is 43.4 Å². The Balaban J connectivity index is 2.00. The summed E-state index contributed by atoms with van der Waals surface area (Å²) in [4.78, 5) is 14.5. The van der Waals surface area contributed by atoms with Crippen LogP contribution in [0, 0.1) is 13.8 Å². The van der Waals surface area contributed by atoms with Crippen molar-refractivity contribution in [2.75, 3.05) is 92.4 Å². The largest absolute Gasteiger partial charge is 0.491 e. The van der Waals surface area contributed by atoms with E-state index in [1.165, 1.54) is 0 Å². The molecule has 0 aliphatic carbocycles. The van der Waals surface area contributed by atoms with Gasteiger partial charge in [0, 0.05) is 18.0 Å². The molecule has 14 nitrogen and oxygen atoms in total. The Morgan fingerprint density at radius 2 is 1.23 bits per heavy atom. The van der Waals surface area contributed by atoms with Crippen molar-refractivity contribution in [2.24, 2.45) is 5.11 Å². The van der Waals surface area contributed by atoms with Crippen molar-refractivity contribution in [3.63, 3.8) is 0 Å². The first-order valence-corrected chi connectivity index (χ1v) is 14.8. The summed E-state index contributed by atoms with van der Waals surface area (Å²) >= 11 is 0. The number of aryl methyl sites for hydroxylation is 2. The maximum Gasteiger partial charge on any atom is 0.413 e. The van der Waals surface area contributed by atoms with Gasteiger partial charge in [-0.05, 0) is 56.8 Å². The average molecular weight is 626 g/mol. The van der Waals surface area contributed by atoms with Crippen LogP contribution >= 0.6 is 0 Å². The van der Waals surface area contributed by atoms with Crippen molar-refractivity contribution in [1.29, 1.82) is 0 Å². The molecule has 0 aliphatic heterocycles. The van der Waals surface area contributed by atoms with Crippen molar-refractivity contribution >= 4 is 6.09 Å². The highest BCUT2D eigenvalue weighted by atomic mass is 16.6. The van der Waals surface area contributed by atoms with Crippen molar-refractivity contribution in [2.45, 2.75) is 46.8 Å². The number of hydrogen-bond donors (Lipinski definition) is 2. The SMILES string of the molecule is C=C(NCc1cc(C)c(OCCOCCOCCOCCOCCOCCOCCN=[N+]=[N-])c(C)c1)NC(=O)OC(C)(C)C. The van der Waals surface area contributed by atoms with E-state index in [1.54, 1.807) is 20.8 Å². The molecule has 0 bridgehead atoms. The number of hydrogen-bond acceptors (Lipinski definition) is 11. The smallest absolute Gasteiger partial charge is 0.413 e. The summed E-state index contributed by atoms with van der Waals surface area (Å²) in [5.41, 5.74) is 10.6. The number of benzene rings is 1. The molecule has 0 aliphatic rings. The first-order chi connectivity index (χ1) is 21.1. The monoisotopic (exact) mass is 625 g/mol. The molecule has 2 N–H and O–H groups in total. The van der Waals surface area contributed by atoms with E-state index in [0.717, 1.165) is 22.4 Å². The Kier molecular flexibility index (Phi) is 21.5. The van der Waals surface area contributed by atoms with Gasteiger partial charge in [-0.25, -0.2) is 4.79 Å². The molecule has 0 saturated heterocycles. The van der Waals surface area contributed by atoms with Crippen LogP contribution in [0.15, 0.2) is 29.6 Å². The summed E-state index contributed by atoms with van der Waals surface area (Å²) in [6, 6.07) is 4.07. The topological polar surface area (TPSA) is 164 Å². The summed E-state index contributed by atoms with van der Waals surface area (Å²) in [5.74, 6) is 1.20. The third-order valence-corrected chi connectivity index (χ3v) is 5.41. The fourth-order valence-corrected chi connectivity index (χ4v) is 3.60. The predicted octanol–water partition coefficient (Wildman–Crippen LogP) is 4.18. The van der Waals surface area contributed by atoms with E-state index in [0.29, 0.717) is 105 Å². The van der Waals surface area contributed by atoms with E-state index in [2.05, 4.69) is 27.2 Å². The van der Waals surface area contributed by atoms with Gasteiger partial charge in [-0.15, -0.1) is 0 Å². The molecule has 1 rings (SSSR count). The van der Waals surface area contributed by atoms with Gasteiger partial charge in [-0.2, -0.15) is 0 Å². The maximum absolute atomic E-state index is 11.9. The molecule has 1 amide bonds. The average Bonchev–Trinajstić information content (AvgIpc) is 2.94. The van der Waals surface area contributed by atoms with E-state index in [9.17, 15) is 4.79 Å². The second-order valence-corrected chi connectivity index (χ2v) is 10.5. The number of rotatable bonds is 26. The third kappa shape index (κ3) is 21.6. The lowest BCUT2D eigenvalue weighted by atomic mass is 10.1. The summed E-state index contributed by atoms with van der Waals surface area (Å²) in [7, 11) is 0. The van der Waals surface area contributed by atoms with Crippen LogP contribution < -0.4 is 15.4 Å². The molecular weight excluding hydrogens is 574 g/mol. The minimum Gasteiger partial charge on any atom is -0.491 e. The van der Waals surface area contributed by atoms with Crippen LogP contribution in [0.1, 0.15) is 37.5 Å². The van der Waals surface area contributed by atoms with Crippen molar-refractivity contribution in [1.82, 2.24) is 10.6 Å². The van der Waals surface area contributed by atoms with Crippen molar-refractivity contribution in [3.8, 4) is 5.75 Å². The summed E-state index contributed by atoms with van der Waals surface area (Å²) < 4.78 is 43.8. The first-order valence-electron chi connectivity index (χ1n) is 14.8. The Hall–Kier alpha value is -3.10. The zero-order valence-electron chi connectivity index (χ0n) is 27.0. The molecule has 0 radical (unpaired) electrons. The number of ether oxygens (including phenoxy) is 8. The minimum absolute atomic E-state index is 0.323. The van der Waals surface area contributed by atoms with Crippen LogP contribution in [-0.4, -0.2) is 104 Å². The molecule has 0 aromatic heterocycles. The number of carbonyl (C=O) groups excluding carboxylic acids is 1. The summed E-state index contributed by atoms with van der Waals surface area (Å²) in [6.07, 6.45) is -0.550. The minimum atomic E-state index is -0.576. The Morgan fingerprint density at radius 1 is 0.795 bits per heavy atom. The van der Waals surface area contributed by atoms with Gasteiger partial charge < -0.3 is 43.2 Å². The lowest BCUT2D eigenvalue weighted by Crippen LogP contribution is -2.35. The molecule has 250 valence electrons. The van der Waals surface area contributed by atoms with Gasteiger partial charge in [0.05, 0.1) is 79.3 Å². The Bertz CT molecular complexity index is 975. The highest BCUT2D eigenvalue weighted by Gasteiger charge is 2.16. The maximum atomic E-state index is 11.9. The highest BCUT2D eigenvalue weighted by Crippen LogP contribution is 2.25. The van der Waals surface area contributed by atoms with Crippen LogP contribution in [0.25, 0.3) is 10.4 Å². The lowest BCUT2D eigenvalue weighted by Gasteiger charge is -2.20. The number of alkyl carbamates (subject to hydrolysis) is 1. The number of amides is 1. The van der Waals surface area contributed by atoms with Crippen LogP contribution in [-0.2, 0) is 39.7 Å². The zero-order chi connectivity index (χ0) is 32.5. The van der Waals surface area contributed by atoms with Crippen LogP contribution in [0.2, 0.25) is 0 Å². The third-order valence-electron chi connectivity index (χ3n) is 5.41. The molecule has 0 heterocycles. The number of carbonyl (C=O) groups is 1. The highest BCUT2D eigenvalue weighted by molar-refractivity contribution is 5.69. The Labute approximate surface area is 261 Å². The fourth-order valence-electron chi connectivity index (χ4n) is 3.60. The van der Waals surface area contributed by atoms with Gasteiger partial charge >= 0.3 is 6.09 Å². The Morgan fingerprint density at radius 3 is 1.66 bits per heavy atom. The van der Waals surface area contributed by atoms with Gasteiger partial charge in [-0.3, -0.25) is 5.32 Å². The predicted molar refractivity (Wildman–Crippen MR) is 166 cm³/mol. The van der Waals surface area contributed by atoms with Crippen LogP contribution in [0.5, 0.6) is 5.75 Å². The second kappa shape index (κ2) is 24.2. The number of azide groups is 1. The second-order valence-electron chi connectivity index (χ2n) is 10.5. The zero-order valence-corrected chi connectivity index (χ0v) is 27.0. The quantitative estimate of drug-likeness (QED) is 0.0661. The van der Waals surface area contributed by atoms with Gasteiger partial charge in [0.15, 0.2) is 0 Å². The van der Waals surface area contributed by atoms with Gasteiger partial charge in [0.25, 0.3) is 0 Å². The molecule has 1 aromatic carbocycles. The standard InChI is InChI=1S/C30H51N5O9/c1-24-21-27(23-32-26(3)34-29(36)44-30(4,5)6)22-25(2)28(24)43-20-19-42-18-17-41-16-15-40-14-13-39-12-11-38-10-9-37-8-7-33-35-31/h21-22,32H,3,7-20,23H2,1-2,4-6H3,(H,34,36). The van der Waals surface area contributed by atoms with Crippen molar-refractivity contribution < 1.29 is 42.7 Å². The van der Waals surface area contributed by atoms with Crippen molar-refractivity contribution in [3.05, 3.63) is 51.7 Å². The molecule has 0 fully saturated rings. The molecule has 0 unspecified atom stereocenters. The van der Waals surface area contributed by atoms with Gasteiger partial charge in [-0.1, -0.05) is 23.8 Å². The van der Waals surface area contributed by atoms with Crippen LogP contribution in [0.4, 0.5) is 4.79 Å². The molecule has 0 saturated carbocycles. The summed E-state index contributed by atoms with van der Waals surface area (Å²) in [5, 5.41) is 9.05.